The molecule has 0 aliphatic heterocycles. The highest BCUT2D eigenvalue weighted by Gasteiger charge is 2.16. The van der Waals surface area contributed by atoms with E-state index >= 15 is 0 Å². The minimum absolute atomic E-state index is 0.0280. The summed E-state index contributed by atoms with van der Waals surface area (Å²) in [5.41, 5.74) is 5.98. The second-order valence-electron chi connectivity index (χ2n) is 2.45. The van der Waals surface area contributed by atoms with Gasteiger partial charge in [0, 0.05) is 0 Å². The van der Waals surface area contributed by atoms with Crippen molar-refractivity contribution in [1.29, 1.82) is 0 Å². The summed E-state index contributed by atoms with van der Waals surface area (Å²) in [5, 5.41) is 0. The van der Waals surface area contributed by atoms with Gasteiger partial charge in [-0.15, -0.1) is 0 Å². The third-order valence-electron chi connectivity index (χ3n) is 1.53. The number of rotatable bonds is 3. The molecule has 1 rings (SSSR count). The second kappa shape index (κ2) is 4.04. The second-order valence-corrected chi connectivity index (χ2v) is 2.45. The van der Waals surface area contributed by atoms with Crippen molar-refractivity contribution in [2.75, 3.05) is 6.61 Å². The minimum Gasteiger partial charge on any atom is -0.459 e. The van der Waals surface area contributed by atoms with Gasteiger partial charge in [-0.05, 0) is 13.8 Å². The fraction of sp³-hybridized carbons (Fsp3) is 0.500. The van der Waals surface area contributed by atoms with E-state index < -0.39 is 5.97 Å². The molecule has 0 aliphatic carbocycles. The Kier molecular flexibility index (Phi) is 3.02. The monoisotopic (exact) mass is 184 g/mol. The molecule has 0 saturated heterocycles. The number of hydrogen-bond donors (Lipinski definition) is 1. The molecule has 5 nitrogen and oxygen atoms in total. The molecule has 72 valence electrons. The van der Waals surface area contributed by atoms with Crippen molar-refractivity contribution in [2.45, 2.75) is 20.4 Å². The van der Waals surface area contributed by atoms with E-state index in [9.17, 15) is 4.79 Å². The van der Waals surface area contributed by atoms with Gasteiger partial charge in [0.2, 0.25) is 0 Å². The number of nitrogens with zero attached hydrogens (tertiary/aromatic N) is 1. The molecule has 0 saturated carbocycles. The maximum Gasteiger partial charge on any atom is 0.394 e. The zero-order valence-corrected chi connectivity index (χ0v) is 7.66. The van der Waals surface area contributed by atoms with E-state index in [4.69, 9.17) is 14.9 Å². The summed E-state index contributed by atoms with van der Waals surface area (Å²) < 4.78 is 9.77. The number of carbonyl (C=O) groups is 1. The lowest BCUT2D eigenvalue weighted by atomic mass is 10.4. The van der Waals surface area contributed by atoms with Crippen molar-refractivity contribution in [3.05, 3.63) is 17.3 Å². The number of carbonyl (C=O) groups excluding carboxylic acids is 1. The van der Waals surface area contributed by atoms with Gasteiger partial charge in [0.15, 0.2) is 0 Å². The zero-order valence-electron chi connectivity index (χ0n) is 7.66. The highest BCUT2D eigenvalue weighted by molar-refractivity contribution is 5.84. The van der Waals surface area contributed by atoms with E-state index in [0.717, 1.165) is 0 Å². The molecule has 0 atom stereocenters. The average molecular weight is 184 g/mol. The lowest BCUT2D eigenvalue weighted by Crippen LogP contribution is -2.04. The molecule has 0 unspecified atom stereocenters. The molecular formula is C8H12N2O3. The SMILES string of the molecule is CCOC(=O)c1nc(C)c(CN)o1. The molecule has 1 heterocycles. The average Bonchev–Trinajstić information content (AvgIpc) is 2.47. The summed E-state index contributed by atoms with van der Waals surface area (Å²) in [6.45, 7) is 3.99. The van der Waals surface area contributed by atoms with E-state index in [0.29, 0.717) is 18.1 Å². The van der Waals surface area contributed by atoms with Crippen LogP contribution in [0.1, 0.15) is 29.1 Å². The van der Waals surface area contributed by atoms with Crippen LogP contribution in [0.2, 0.25) is 0 Å². The Hall–Kier alpha value is -1.36. The lowest BCUT2D eigenvalue weighted by Gasteiger charge is -1.94. The Bertz CT molecular complexity index is 306. The van der Waals surface area contributed by atoms with Crippen LogP contribution in [0.4, 0.5) is 0 Å². The number of aromatic nitrogens is 1. The van der Waals surface area contributed by atoms with Gasteiger partial charge < -0.3 is 14.9 Å². The summed E-state index contributed by atoms with van der Waals surface area (Å²) >= 11 is 0. The maximum atomic E-state index is 11.1. The Morgan fingerprint density at radius 1 is 1.69 bits per heavy atom. The van der Waals surface area contributed by atoms with Crippen LogP contribution in [0.5, 0.6) is 0 Å². The predicted molar refractivity (Wildman–Crippen MR) is 45.1 cm³/mol. The Morgan fingerprint density at radius 2 is 2.38 bits per heavy atom. The third-order valence-corrected chi connectivity index (χ3v) is 1.53. The highest BCUT2D eigenvalue weighted by atomic mass is 16.5. The van der Waals surface area contributed by atoms with Gasteiger partial charge in [-0.25, -0.2) is 9.78 Å². The Balaban J connectivity index is 2.84. The molecule has 5 heteroatoms. The van der Waals surface area contributed by atoms with Crippen LogP contribution in [0.3, 0.4) is 0 Å². The summed E-state index contributed by atoms with van der Waals surface area (Å²) in [4.78, 5) is 15.0. The van der Waals surface area contributed by atoms with Gasteiger partial charge in [-0.3, -0.25) is 0 Å². The van der Waals surface area contributed by atoms with Crippen molar-refractivity contribution < 1.29 is 13.9 Å². The molecule has 0 radical (unpaired) electrons. The number of esters is 1. The molecule has 1 aromatic rings. The number of oxazole rings is 1. The highest BCUT2D eigenvalue weighted by Crippen LogP contribution is 2.09. The number of ether oxygens (including phenoxy) is 1. The predicted octanol–water partition coefficient (Wildman–Crippen LogP) is 0.618. The molecule has 0 spiro atoms. The first-order valence-electron chi connectivity index (χ1n) is 4.02. The minimum atomic E-state index is -0.551. The fourth-order valence-corrected chi connectivity index (χ4v) is 0.898. The molecule has 13 heavy (non-hydrogen) atoms. The van der Waals surface area contributed by atoms with E-state index in [-0.39, 0.29) is 12.4 Å². The van der Waals surface area contributed by atoms with Gasteiger partial charge >= 0.3 is 11.9 Å². The molecule has 0 fully saturated rings. The first kappa shape index (κ1) is 9.73. The standard InChI is InChI=1S/C8H12N2O3/c1-3-12-8(11)7-10-5(2)6(4-9)13-7/h3-4,9H2,1-2H3. The van der Waals surface area contributed by atoms with Crippen molar-refractivity contribution in [2.24, 2.45) is 5.73 Å². The number of aryl methyl sites for hydroxylation is 1. The molecule has 0 bridgehead atoms. The van der Waals surface area contributed by atoms with Gasteiger partial charge in [-0.1, -0.05) is 0 Å². The van der Waals surface area contributed by atoms with E-state index in [2.05, 4.69) is 4.98 Å². The first-order valence-corrected chi connectivity index (χ1v) is 4.02. The number of hydrogen-bond acceptors (Lipinski definition) is 5. The summed E-state index contributed by atoms with van der Waals surface area (Å²) in [6.07, 6.45) is 0. The van der Waals surface area contributed by atoms with Crippen LogP contribution < -0.4 is 5.73 Å². The van der Waals surface area contributed by atoms with Crippen molar-refractivity contribution in [3.63, 3.8) is 0 Å². The quantitative estimate of drug-likeness (QED) is 0.696. The largest absolute Gasteiger partial charge is 0.459 e. The van der Waals surface area contributed by atoms with Crippen LogP contribution in [0.15, 0.2) is 4.42 Å². The van der Waals surface area contributed by atoms with Crippen LogP contribution in [0, 0.1) is 6.92 Å². The van der Waals surface area contributed by atoms with E-state index in [1.807, 2.05) is 0 Å². The van der Waals surface area contributed by atoms with Gasteiger partial charge in [-0.2, -0.15) is 0 Å². The van der Waals surface area contributed by atoms with Crippen LogP contribution in [-0.4, -0.2) is 17.6 Å². The molecule has 1 aromatic heterocycles. The van der Waals surface area contributed by atoms with Gasteiger partial charge in [0.05, 0.1) is 18.8 Å². The molecule has 0 aliphatic rings. The smallest absolute Gasteiger partial charge is 0.394 e. The molecular weight excluding hydrogens is 172 g/mol. The topological polar surface area (TPSA) is 78.3 Å². The molecule has 2 N–H and O–H groups in total. The van der Waals surface area contributed by atoms with E-state index in [1.54, 1.807) is 13.8 Å². The Labute approximate surface area is 75.9 Å². The molecule has 0 amide bonds. The van der Waals surface area contributed by atoms with Gasteiger partial charge in [0.25, 0.3) is 0 Å². The lowest BCUT2D eigenvalue weighted by molar-refractivity contribution is 0.0479. The van der Waals surface area contributed by atoms with E-state index in [1.165, 1.54) is 0 Å². The summed E-state index contributed by atoms with van der Waals surface area (Å²) in [5.74, 6) is -0.0619. The van der Waals surface area contributed by atoms with Gasteiger partial charge in [0.1, 0.15) is 5.76 Å². The fourth-order valence-electron chi connectivity index (χ4n) is 0.898. The van der Waals surface area contributed by atoms with Crippen LogP contribution in [-0.2, 0) is 11.3 Å². The van der Waals surface area contributed by atoms with Crippen molar-refractivity contribution >= 4 is 5.97 Å². The summed E-state index contributed by atoms with van der Waals surface area (Å²) in [7, 11) is 0. The first-order chi connectivity index (χ1) is 6.19. The van der Waals surface area contributed by atoms with Crippen molar-refractivity contribution in [3.8, 4) is 0 Å². The van der Waals surface area contributed by atoms with Crippen LogP contribution in [0.25, 0.3) is 0 Å². The normalized spacial score (nSPS) is 10.1. The van der Waals surface area contributed by atoms with Crippen molar-refractivity contribution in [1.82, 2.24) is 4.98 Å². The zero-order chi connectivity index (χ0) is 9.84. The third kappa shape index (κ3) is 2.06. The maximum absolute atomic E-state index is 11.1. The molecule has 0 aromatic carbocycles. The van der Waals surface area contributed by atoms with Crippen LogP contribution >= 0.6 is 0 Å². The summed E-state index contributed by atoms with van der Waals surface area (Å²) in [6, 6.07) is 0. The Morgan fingerprint density at radius 3 is 2.85 bits per heavy atom. The number of nitrogens with two attached hydrogens (primary N) is 1.